The van der Waals surface area contributed by atoms with Crippen molar-refractivity contribution < 1.29 is 9.53 Å². The van der Waals surface area contributed by atoms with Crippen molar-refractivity contribution in [3.63, 3.8) is 0 Å². The molecule has 0 aliphatic carbocycles. The molecule has 5 heteroatoms. The lowest BCUT2D eigenvalue weighted by molar-refractivity contribution is 0.0195. The molecule has 1 aromatic carbocycles. The van der Waals surface area contributed by atoms with E-state index in [1.807, 2.05) is 45.0 Å². The van der Waals surface area contributed by atoms with Crippen LogP contribution in [0.2, 0.25) is 5.02 Å². The molecule has 0 radical (unpaired) electrons. The Morgan fingerprint density at radius 1 is 1.43 bits per heavy atom. The van der Waals surface area contributed by atoms with E-state index in [0.29, 0.717) is 13.1 Å². The van der Waals surface area contributed by atoms with Crippen LogP contribution in [0, 0.1) is 0 Å². The number of carbonyl (C=O) groups is 1. The van der Waals surface area contributed by atoms with Gasteiger partial charge >= 0.3 is 6.09 Å². The number of hydrogen-bond donors (Lipinski definition) is 1. The van der Waals surface area contributed by atoms with Crippen LogP contribution in [0.15, 0.2) is 24.3 Å². The lowest BCUT2D eigenvalue weighted by atomic mass is 10.0. The van der Waals surface area contributed by atoms with Crippen molar-refractivity contribution in [3.8, 4) is 0 Å². The van der Waals surface area contributed by atoms with Crippen molar-refractivity contribution in [1.29, 1.82) is 0 Å². The molecule has 116 valence electrons. The summed E-state index contributed by atoms with van der Waals surface area (Å²) in [6.07, 6.45) is 0.562. The highest BCUT2D eigenvalue weighted by Crippen LogP contribution is 2.18. The predicted molar refractivity (Wildman–Crippen MR) is 84.8 cm³/mol. The minimum absolute atomic E-state index is 0.200. The van der Waals surface area contributed by atoms with Gasteiger partial charge in [0.25, 0.3) is 0 Å². The average molecular weight is 311 g/mol. The summed E-state index contributed by atoms with van der Waals surface area (Å²) in [6, 6.07) is 8.02. The Morgan fingerprint density at radius 3 is 2.81 bits per heavy atom. The number of nitrogens with one attached hydrogen (secondary N) is 1. The molecule has 0 aromatic heterocycles. The molecule has 1 fully saturated rings. The summed E-state index contributed by atoms with van der Waals surface area (Å²) < 4.78 is 5.43. The second-order valence-corrected chi connectivity index (χ2v) is 6.78. The number of ether oxygens (including phenoxy) is 1. The Bertz CT molecular complexity index is 499. The summed E-state index contributed by atoms with van der Waals surface area (Å²) >= 11 is 6.20. The van der Waals surface area contributed by atoms with Crippen molar-refractivity contribution in [2.75, 3.05) is 19.6 Å². The molecule has 0 bridgehead atoms. The van der Waals surface area contributed by atoms with Gasteiger partial charge < -0.3 is 15.0 Å². The third-order valence-corrected chi connectivity index (χ3v) is 3.70. The zero-order chi connectivity index (χ0) is 15.5. The number of rotatable bonds is 2. The molecule has 1 saturated heterocycles. The summed E-state index contributed by atoms with van der Waals surface area (Å²) in [4.78, 5) is 13.9. The number of amides is 1. The molecule has 1 N–H and O–H groups in total. The minimum Gasteiger partial charge on any atom is -0.444 e. The van der Waals surface area contributed by atoms with E-state index >= 15 is 0 Å². The van der Waals surface area contributed by atoms with Gasteiger partial charge in [0.05, 0.1) is 0 Å². The number of benzene rings is 1. The Kier molecular flexibility index (Phi) is 5.12. The number of piperazine rings is 1. The fourth-order valence-corrected chi connectivity index (χ4v) is 2.60. The van der Waals surface area contributed by atoms with Gasteiger partial charge in [0, 0.05) is 30.7 Å². The number of nitrogens with zero attached hydrogens (tertiary/aromatic N) is 1. The molecule has 2 rings (SSSR count). The van der Waals surface area contributed by atoms with Gasteiger partial charge in [0.2, 0.25) is 0 Å². The summed E-state index contributed by atoms with van der Waals surface area (Å²) in [5.74, 6) is 0. The van der Waals surface area contributed by atoms with Crippen LogP contribution in [-0.2, 0) is 11.2 Å². The molecule has 4 nitrogen and oxygen atoms in total. The molecule has 1 aromatic rings. The predicted octanol–water partition coefficient (Wildman–Crippen LogP) is 3.09. The van der Waals surface area contributed by atoms with Crippen molar-refractivity contribution >= 4 is 17.7 Å². The van der Waals surface area contributed by atoms with Gasteiger partial charge in [-0.3, -0.25) is 0 Å². The zero-order valence-electron chi connectivity index (χ0n) is 12.9. The first kappa shape index (κ1) is 16.1. The van der Waals surface area contributed by atoms with Crippen LogP contribution in [0.1, 0.15) is 26.3 Å². The molecular formula is C16H23ClN2O2. The normalized spacial score (nSPS) is 19.4. The van der Waals surface area contributed by atoms with Crippen molar-refractivity contribution in [3.05, 3.63) is 34.9 Å². The molecule has 0 spiro atoms. The van der Waals surface area contributed by atoms with Gasteiger partial charge in [-0.05, 0) is 38.8 Å². The average Bonchev–Trinajstić information content (AvgIpc) is 2.40. The van der Waals surface area contributed by atoms with E-state index in [2.05, 4.69) is 5.32 Å². The fourth-order valence-electron chi connectivity index (χ4n) is 2.38. The number of halogens is 1. The Hall–Kier alpha value is -1.26. The summed E-state index contributed by atoms with van der Waals surface area (Å²) in [7, 11) is 0. The first-order chi connectivity index (χ1) is 9.85. The Morgan fingerprint density at radius 2 is 2.14 bits per heavy atom. The smallest absolute Gasteiger partial charge is 0.410 e. The molecule has 1 unspecified atom stereocenters. The van der Waals surface area contributed by atoms with E-state index in [4.69, 9.17) is 16.3 Å². The summed E-state index contributed by atoms with van der Waals surface area (Å²) in [5, 5.41) is 4.21. The molecule has 1 atom stereocenters. The second kappa shape index (κ2) is 6.67. The molecule has 0 saturated carbocycles. The van der Waals surface area contributed by atoms with Crippen LogP contribution in [0.3, 0.4) is 0 Å². The standard InChI is InChI=1S/C16H23ClN2O2/c1-16(2,3)21-15(20)19-9-8-18-13(11-19)10-12-6-4-5-7-14(12)17/h4-7,13,18H,8-11H2,1-3H3. The quantitative estimate of drug-likeness (QED) is 0.912. The lowest BCUT2D eigenvalue weighted by Crippen LogP contribution is -2.54. The fraction of sp³-hybridized carbons (Fsp3) is 0.562. The van der Waals surface area contributed by atoms with Crippen molar-refractivity contribution in [1.82, 2.24) is 10.2 Å². The molecule has 1 aliphatic rings. The van der Waals surface area contributed by atoms with Crippen LogP contribution in [-0.4, -0.2) is 42.3 Å². The van der Waals surface area contributed by atoms with Gasteiger partial charge in [-0.15, -0.1) is 0 Å². The van der Waals surface area contributed by atoms with Gasteiger partial charge in [-0.2, -0.15) is 0 Å². The molecular weight excluding hydrogens is 288 g/mol. The third-order valence-electron chi connectivity index (χ3n) is 3.33. The largest absolute Gasteiger partial charge is 0.444 e. The van der Waals surface area contributed by atoms with E-state index < -0.39 is 5.60 Å². The maximum absolute atomic E-state index is 12.1. The summed E-state index contributed by atoms with van der Waals surface area (Å²) in [5.41, 5.74) is 0.642. The van der Waals surface area contributed by atoms with Crippen molar-refractivity contribution in [2.24, 2.45) is 0 Å². The first-order valence-electron chi connectivity index (χ1n) is 7.30. The Labute approximate surface area is 131 Å². The van der Waals surface area contributed by atoms with Crippen LogP contribution < -0.4 is 5.32 Å². The number of carbonyl (C=O) groups excluding carboxylic acids is 1. The van der Waals surface area contributed by atoms with Gasteiger partial charge in [0.15, 0.2) is 0 Å². The van der Waals surface area contributed by atoms with E-state index in [1.54, 1.807) is 4.90 Å². The highest BCUT2D eigenvalue weighted by molar-refractivity contribution is 6.31. The number of hydrogen-bond acceptors (Lipinski definition) is 3. The van der Waals surface area contributed by atoms with Crippen LogP contribution in [0.4, 0.5) is 4.79 Å². The maximum Gasteiger partial charge on any atom is 0.410 e. The van der Waals surface area contributed by atoms with Crippen LogP contribution in [0.5, 0.6) is 0 Å². The Balaban J connectivity index is 1.95. The topological polar surface area (TPSA) is 41.6 Å². The SMILES string of the molecule is CC(C)(C)OC(=O)N1CCNC(Cc2ccccc2Cl)C1. The molecule has 1 aliphatic heterocycles. The second-order valence-electron chi connectivity index (χ2n) is 6.37. The third kappa shape index (κ3) is 4.90. The highest BCUT2D eigenvalue weighted by atomic mass is 35.5. The molecule has 1 heterocycles. The van der Waals surface area contributed by atoms with Crippen molar-refractivity contribution in [2.45, 2.75) is 38.8 Å². The lowest BCUT2D eigenvalue weighted by Gasteiger charge is -2.35. The zero-order valence-corrected chi connectivity index (χ0v) is 13.6. The maximum atomic E-state index is 12.1. The van der Waals surface area contributed by atoms with Gasteiger partial charge in [-0.1, -0.05) is 29.8 Å². The van der Waals surface area contributed by atoms with Crippen LogP contribution in [0.25, 0.3) is 0 Å². The van der Waals surface area contributed by atoms with Gasteiger partial charge in [0.1, 0.15) is 5.60 Å². The van der Waals surface area contributed by atoms with E-state index in [1.165, 1.54) is 0 Å². The minimum atomic E-state index is -0.458. The molecule has 1 amide bonds. The molecule has 21 heavy (non-hydrogen) atoms. The monoisotopic (exact) mass is 310 g/mol. The van der Waals surface area contributed by atoms with E-state index in [0.717, 1.165) is 23.6 Å². The van der Waals surface area contributed by atoms with Gasteiger partial charge in [-0.25, -0.2) is 4.79 Å². The first-order valence-corrected chi connectivity index (χ1v) is 7.68. The highest BCUT2D eigenvalue weighted by Gasteiger charge is 2.27. The van der Waals surface area contributed by atoms with E-state index in [-0.39, 0.29) is 12.1 Å². The van der Waals surface area contributed by atoms with Crippen LogP contribution >= 0.6 is 11.6 Å². The van der Waals surface area contributed by atoms with E-state index in [9.17, 15) is 4.79 Å². The summed E-state index contributed by atoms with van der Waals surface area (Å²) in [6.45, 7) is 7.74.